The Balaban J connectivity index is 2.71. The summed E-state index contributed by atoms with van der Waals surface area (Å²) < 4.78 is 5.84. The molecule has 0 bridgehead atoms. The van der Waals surface area contributed by atoms with Crippen molar-refractivity contribution >= 4 is 27.7 Å². The summed E-state index contributed by atoms with van der Waals surface area (Å²) >= 11 is 5.08. The Kier molecular flexibility index (Phi) is 5.56. The highest BCUT2D eigenvalue weighted by atomic mass is 79.9. The van der Waals surface area contributed by atoms with Crippen LogP contribution in [0.2, 0.25) is 0 Å². The average Bonchev–Trinajstić information content (AvgIpc) is 2.17. The standard InChI is InChI=1S/C10H15BrN2OS/c1-7(2)10-12-8(11)6-9(13-10)15-5-4-14-3/h6-7H,4-5H2,1-3H3. The van der Waals surface area contributed by atoms with Crippen LogP contribution in [-0.2, 0) is 4.74 Å². The fourth-order valence-electron chi connectivity index (χ4n) is 0.975. The number of nitrogens with zero attached hydrogens (tertiary/aromatic N) is 2. The molecule has 0 amide bonds. The molecule has 1 heterocycles. The number of methoxy groups -OCH3 is 1. The van der Waals surface area contributed by atoms with E-state index in [4.69, 9.17) is 4.74 Å². The van der Waals surface area contributed by atoms with E-state index in [1.807, 2.05) is 6.07 Å². The smallest absolute Gasteiger partial charge is 0.133 e. The maximum atomic E-state index is 5.00. The van der Waals surface area contributed by atoms with Gasteiger partial charge in [0.05, 0.1) is 6.61 Å². The lowest BCUT2D eigenvalue weighted by atomic mass is 10.2. The third kappa shape index (κ3) is 4.49. The van der Waals surface area contributed by atoms with Crippen molar-refractivity contribution in [2.45, 2.75) is 24.8 Å². The van der Waals surface area contributed by atoms with E-state index in [0.29, 0.717) is 5.92 Å². The van der Waals surface area contributed by atoms with Gasteiger partial charge in [0, 0.05) is 24.8 Å². The molecule has 0 saturated carbocycles. The van der Waals surface area contributed by atoms with Gasteiger partial charge in [-0.3, -0.25) is 0 Å². The summed E-state index contributed by atoms with van der Waals surface area (Å²) in [6, 6.07) is 1.94. The molecule has 5 heteroatoms. The molecule has 0 fully saturated rings. The molecule has 0 radical (unpaired) electrons. The molecule has 3 nitrogen and oxygen atoms in total. The molecule has 0 N–H and O–H groups in total. The van der Waals surface area contributed by atoms with Crippen molar-refractivity contribution in [2.24, 2.45) is 0 Å². The molecule has 15 heavy (non-hydrogen) atoms. The monoisotopic (exact) mass is 290 g/mol. The Bertz CT molecular complexity index is 320. The lowest BCUT2D eigenvalue weighted by Crippen LogP contribution is -2.00. The number of halogens is 1. The fraction of sp³-hybridized carbons (Fsp3) is 0.600. The fourth-order valence-corrected chi connectivity index (χ4v) is 2.34. The van der Waals surface area contributed by atoms with Gasteiger partial charge in [-0.25, -0.2) is 9.97 Å². The van der Waals surface area contributed by atoms with Crippen LogP contribution in [0.15, 0.2) is 15.7 Å². The number of hydrogen-bond donors (Lipinski definition) is 0. The van der Waals surface area contributed by atoms with Gasteiger partial charge in [-0.05, 0) is 15.9 Å². The number of thioether (sulfide) groups is 1. The second kappa shape index (κ2) is 6.45. The van der Waals surface area contributed by atoms with Crippen LogP contribution in [0.1, 0.15) is 25.6 Å². The highest BCUT2D eigenvalue weighted by Gasteiger charge is 2.06. The van der Waals surface area contributed by atoms with Crippen LogP contribution in [-0.4, -0.2) is 29.4 Å². The number of rotatable bonds is 5. The van der Waals surface area contributed by atoms with E-state index < -0.39 is 0 Å². The van der Waals surface area contributed by atoms with E-state index in [2.05, 4.69) is 39.7 Å². The molecule has 84 valence electrons. The maximum Gasteiger partial charge on any atom is 0.133 e. The number of ether oxygens (including phenoxy) is 1. The minimum atomic E-state index is 0.351. The van der Waals surface area contributed by atoms with Gasteiger partial charge >= 0.3 is 0 Å². The van der Waals surface area contributed by atoms with Gasteiger partial charge in [-0.15, -0.1) is 11.8 Å². The highest BCUT2D eigenvalue weighted by molar-refractivity contribution is 9.10. The van der Waals surface area contributed by atoms with Crippen LogP contribution in [0, 0.1) is 0 Å². The van der Waals surface area contributed by atoms with Gasteiger partial charge in [0.1, 0.15) is 15.5 Å². The first-order valence-electron chi connectivity index (χ1n) is 4.79. The van der Waals surface area contributed by atoms with Gasteiger partial charge in [0.25, 0.3) is 0 Å². The first-order chi connectivity index (χ1) is 7.13. The topological polar surface area (TPSA) is 35.0 Å². The predicted octanol–water partition coefficient (Wildman–Crippen LogP) is 3.10. The van der Waals surface area contributed by atoms with Crippen molar-refractivity contribution in [2.75, 3.05) is 19.5 Å². The summed E-state index contributed by atoms with van der Waals surface area (Å²) in [6.45, 7) is 4.92. The summed E-state index contributed by atoms with van der Waals surface area (Å²) in [5.74, 6) is 2.14. The van der Waals surface area contributed by atoms with Gasteiger partial charge in [0.15, 0.2) is 0 Å². The summed E-state index contributed by atoms with van der Waals surface area (Å²) in [5, 5.41) is 0.998. The Morgan fingerprint density at radius 2 is 2.20 bits per heavy atom. The Morgan fingerprint density at radius 1 is 1.47 bits per heavy atom. The van der Waals surface area contributed by atoms with Crippen LogP contribution in [0.4, 0.5) is 0 Å². The second-order valence-corrected chi connectivity index (χ2v) is 5.31. The Hall–Kier alpha value is -0.130. The van der Waals surface area contributed by atoms with Crippen molar-refractivity contribution in [1.29, 1.82) is 0 Å². The highest BCUT2D eigenvalue weighted by Crippen LogP contribution is 2.21. The van der Waals surface area contributed by atoms with Crippen LogP contribution in [0.3, 0.4) is 0 Å². The Morgan fingerprint density at radius 3 is 2.80 bits per heavy atom. The molecule has 0 aliphatic carbocycles. The van der Waals surface area contributed by atoms with E-state index in [9.17, 15) is 0 Å². The quantitative estimate of drug-likeness (QED) is 0.474. The van der Waals surface area contributed by atoms with Gasteiger partial charge in [-0.2, -0.15) is 0 Å². The number of aromatic nitrogens is 2. The molecule has 0 aromatic carbocycles. The van der Waals surface area contributed by atoms with Crippen molar-refractivity contribution in [3.05, 3.63) is 16.5 Å². The Labute approximate surface area is 103 Å². The first-order valence-corrected chi connectivity index (χ1v) is 6.57. The SMILES string of the molecule is COCCSc1cc(Br)nc(C(C)C)n1. The van der Waals surface area contributed by atoms with E-state index in [0.717, 1.165) is 27.8 Å². The summed E-state index contributed by atoms with van der Waals surface area (Å²) in [5.41, 5.74) is 0. The van der Waals surface area contributed by atoms with Crippen LogP contribution < -0.4 is 0 Å². The molecule has 1 aromatic heterocycles. The summed E-state index contributed by atoms with van der Waals surface area (Å²) in [6.07, 6.45) is 0. The first kappa shape index (κ1) is 12.9. The van der Waals surface area contributed by atoms with E-state index in [-0.39, 0.29) is 0 Å². The van der Waals surface area contributed by atoms with Crippen molar-refractivity contribution in [3.63, 3.8) is 0 Å². The lowest BCUT2D eigenvalue weighted by Gasteiger charge is -2.06. The molecule has 1 rings (SSSR count). The van der Waals surface area contributed by atoms with Crippen LogP contribution >= 0.6 is 27.7 Å². The summed E-state index contributed by atoms with van der Waals surface area (Å²) in [7, 11) is 1.70. The van der Waals surface area contributed by atoms with E-state index in [1.54, 1.807) is 18.9 Å². The largest absolute Gasteiger partial charge is 0.384 e. The molecule has 0 aliphatic rings. The van der Waals surface area contributed by atoms with Gasteiger partial charge in [0.2, 0.25) is 0 Å². The van der Waals surface area contributed by atoms with E-state index >= 15 is 0 Å². The molecule has 0 aliphatic heterocycles. The van der Waals surface area contributed by atoms with Gasteiger partial charge in [-0.1, -0.05) is 13.8 Å². The zero-order valence-corrected chi connectivity index (χ0v) is 11.6. The third-order valence-corrected chi connectivity index (χ3v) is 3.02. The van der Waals surface area contributed by atoms with Crippen LogP contribution in [0.5, 0.6) is 0 Å². The molecule has 0 unspecified atom stereocenters. The lowest BCUT2D eigenvalue weighted by molar-refractivity contribution is 0.218. The van der Waals surface area contributed by atoms with Crippen LogP contribution in [0.25, 0.3) is 0 Å². The zero-order chi connectivity index (χ0) is 11.3. The molecular weight excluding hydrogens is 276 g/mol. The van der Waals surface area contributed by atoms with E-state index in [1.165, 1.54) is 0 Å². The molecule has 0 saturated heterocycles. The normalized spacial score (nSPS) is 11.0. The molecule has 0 spiro atoms. The maximum absolute atomic E-state index is 5.00. The zero-order valence-electron chi connectivity index (χ0n) is 9.16. The molecular formula is C10H15BrN2OS. The minimum absolute atomic E-state index is 0.351. The molecule has 1 aromatic rings. The second-order valence-electron chi connectivity index (χ2n) is 3.38. The van der Waals surface area contributed by atoms with Gasteiger partial charge < -0.3 is 4.74 Å². The number of hydrogen-bond acceptors (Lipinski definition) is 4. The summed E-state index contributed by atoms with van der Waals surface area (Å²) in [4.78, 5) is 8.79. The third-order valence-electron chi connectivity index (χ3n) is 1.74. The van der Waals surface area contributed by atoms with Crippen molar-refractivity contribution in [3.8, 4) is 0 Å². The predicted molar refractivity (Wildman–Crippen MR) is 66.4 cm³/mol. The minimum Gasteiger partial charge on any atom is -0.384 e. The van der Waals surface area contributed by atoms with Crippen molar-refractivity contribution < 1.29 is 4.74 Å². The van der Waals surface area contributed by atoms with Crippen molar-refractivity contribution in [1.82, 2.24) is 9.97 Å². The molecule has 0 atom stereocenters. The average molecular weight is 291 g/mol.